The molecule has 0 unspecified atom stereocenters. The van der Waals surface area contributed by atoms with Crippen molar-refractivity contribution < 1.29 is 18.4 Å². The Hall–Kier alpha value is -1.70. The lowest BCUT2D eigenvalue weighted by Gasteiger charge is -2.31. The molecule has 0 saturated heterocycles. The standard InChI is InChI=1S/C21H30N2O4S/c1-23(25)20(24)12-8-3-2-7-11-19-16-13-14-17(15-16)21(19)22-28(26,27)18-9-5-4-6-10-18/h2,4-7,9-10,16-17,19,21-22,25H,3,8,11-15H2,1H3/t16-,17+,19+,21+/m1/s1. The Morgan fingerprint density at radius 1 is 1.21 bits per heavy atom. The third-order valence-corrected chi connectivity index (χ3v) is 7.61. The molecule has 0 spiro atoms. The highest BCUT2D eigenvalue weighted by molar-refractivity contribution is 7.89. The normalized spacial score (nSPS) is 26.8. The number of hydrogen-bond acceptors (Lipinski definition) is 4. The van der Waals surface area contributed by atoms with Gasteiger partial charge in [-0.05, 0) is 68.4 Å². The highest BCUT2D eigenvalue weighted by Crippen LogP contribution is 2.50. The number of amides is 1. The molecule has 2 saturated carbocycles. The van der Waals surface area contributed by atoms with Gasteiger partial charge in [0.25, 0.3) is 0 Å². The van der Waals surface area contributed by atoms with E-state index in [2.05, 4.69) is 16.9 Å². The summed E-state index contributed by atoms with van der Waals surface area (Å²) in [5, 5.41) is 9.67. The molecule has 2 aliphatic rings. The molecule has 2 N–H and O–H groups in total. The Bertz CT molecular complexity index is 792. The first-order chi connectivity index (χ1) is 13.4. The van der Waals surface area contributed by atoms with E-state index in [0.717, 1.165) is 25.7 Å². The van der Waals surface area contributed by atoms with Gasteiger partial charge in [-0.1, -0.05) is 30.4 Å². The first-order valence-electron chi connectivity index (χ1n) is 10.1. The van der Waals surface area contributed by atoms with Gasteiger partial charge in [-0.25, -0.2) is 18.2 Å². The van der Waals surface area contributed by atoms with E-state index in [-0.39, 0.29) is 11.9 Å². The van der Waals surface area contributed by atoms with Gasteiger partial charge in [0.1, 0.15) is 0 Å². The molecule has 154 valence electrons. The first kappa shape index (κ1) is 21.0. The Morgan fingerprint density at radius 3 is 2.64 bits per heavy atom. The van der Waals surface area contributed by atoms with Crippen LogP contribution in [0, 0.1) is 17.8 Å². The number of nitrogens with one attached hydrogen (secondary N) is 1. The predicted molar refractivity (Wildman–Crippen MR) is 107 cm³/mol. The van der Waals surface area contributed by atoms with Crippen molar-refractivity contribution in [3.63, 3.8) is 0 Å². The number of carbonyl (C=O) groups is 1. The van der Waals surface area contributed by atoms with Crippen LogP contribution in [0.25, 0.3) is 0 Å². The second kappa shape index (κ2) is 9.20. The van der Waals surface area contributed by atoms with Gasteiger partial charge in [0.2, 0.25) is 15.9 Å². The van der Waals surface area contributed by atoms with Crippen molar-refractivity contribution in [2.45, 2.75) is 55.9 Å². The molecule has 0 aliphatic heterocycles. The van der Waals surface area contributed by atoms with Gasteiger partial charge in [0.05, 0.1) is 4.90 Å². The predicted octanol–water partition coefficient (Wildman–Crippen LogP) is 3.34. The first-order valence-corrected chi connectivity index (χ1v) is 11.5. The number of carbonyl (C=O) groups excluding carboxylic acids is 1. The molecule has 7 heteroatoms. The minimum atomic E-state index is -3.50. The van der Waals surface area contributed by atoms with Crippen LogP contribution in [0.2, 0.25) is 0 Å². The number of rotatable bonds is 9. The molecule has 0 radical (unpaired) electrons. The van der Waals surface area contributed by atoms with E-state index in [9.17, 15) is 13.2 Å². The molecular formula is C21H30N2O4S. The number of unbranched alkanes of at least 4 members (excludes halogenated alkanes) is 1. The van der Waals surface area contributed by atoms with Crippen molar-refractivity contribution >= 4 is 15.9 Å². The summed E-state index contributed by atoms with van der Waals surface area (Å²) in [6.07, 6.45) is 10.2. The Kier molecular flexibility index (Phi) is 6.91. The van der Waals surface area contributed by atoms with Crippen molar-refractivity contribution in [3.8, 4) is 0 Å². The molecule has 0 heterocycles. The summed E-state index contributed by atoms with van der Waals surface area (Å²) in [5.74, 6) is 1.07. The lowest BCUT2D eigenvalue weighted by Crippen LogP contribution is -2.43. The zero-order chi connectivity index (χ0) is 20.1. The van der Waals surface area contributed by atoms with Crippen LogP contribution in [0.15, 0.2) is 47.4 Å². The Balaban J connectivity index is 1.55. The molecule has 4 atom stereocenters. The summed E-state index contributed by atoms with van der Waals surface area (Å²) >= 11 is 0. The number of nitrogens with zero attached hydrogens (tertiary/aromatic N) is 1. The highest BCUT2D eigenvalue weighted by atomic mass is 32.2. The van der Waals surface area contributed by atoms with Crippen LogP contribution in [0.1, 0.15) is 44.9 Å². The molecule has 2 aliphatic carbocycles. The highest BCUT2D eigenvalue weighted by Gasteiger charge is 2.48. The van der Waals surface area contributed by atoms with Crippen LogP contribution < -0.4 is 4.72 Å². The van der Waals surface area contributed by atoms with Gasteiger partial charge in [0.15, 0.2) is 0 Å². The summed E-state index contributed by atoms with van der Waals surface area (Å²) in [7, 11) is -2.16. The van der Waals surface area contributed by atoms with Gasteiger partial charge < -0.3 is 0 Å². The van der Waals surface area contributed by atoms with Crippen molar-refractivity contribution in [2.24, 2.45) is 17.8 Å². The second-order valence-corrected chi connectivity index (χ2v) is 9.69. The number of benzene rings is 1. The summed E-state index contributed by atoms with van der Waals surface area (Å²) < 4.78 is 28.5. The molecule has 6 nitrogen and oxygen atoms in total. The lowest BCUT2D eigenvalue weighted by atomic mass is 9.83. The van der Waals surface area contributed by atoms with Gasteiger partial charge in [-0.3, -0.25) is 10.0 Å². The zero-order valence-electron chi connectivity index (χ0n) is 16.3. The average Bonchev–Trinajstić information content (AvgIpc) is 3.27. The second-order valence-electron chi connectivity index (χ2n) is 7.97. The number of hydroxylamine groups is 2. The van der Waals surface area contributed by atoms with E-state index in [1.165, 1.54) is 13.5 Å². The van der Waals surface area contributed by atoms with E-state index < -0.39 is 10.0 Å². The quantitative estimate of drug-likeness (QED) is 0.285. The summed E-state index contributed by atoms with van der Waals surface area (Å²) in [5.41, 5.74) is 0. The van der Waals surface area contributed by atoms with Gasteiger partial charge in [-0.2, -0.15) is 0 Å². The molecule has 28 heavy (non-hydrogen) atoms. The smallest absolute Gasteiger partial charge is 0.245 e. The monoisotopic (exact) mass is 406 g/mol. The van der Waals surface area contributed by atoms with Crippen molar-refractivity contribution in [3.05, 3.63) is 42.5 Å². The van der Waals surface area contributed by atoms with Crippen molar-refractivity contribution in [2.75, 3.05) is 7.05 Å². The maximum atomic E-state index is 12.8. The molecule has 1 aromatic rings. The molecule has 2 fully saturated rings. The number of hydrogen-bond donors (Lipinski definition) is 2. The number of sulfonamides is 1. The fourth-order valence-electron chi connectivity index (χ4n) is 4.68. The molecule has 1 aromatic carbocycles. The maximum absolute atomic E-state index is 12.8. The third-order valence-electron chi connectivity index (χ3n) is 6.13. The minimum absolute atomic E-state index is 0.00165. The fourth-order valence-corrected chi connectivity index (χ4v) is 6.06. The van der Waals surface area contributed by atoms with Gasteiger partial charge >= 0.3 is 0 Å². The molecular weight excluding hydrogens is 376 g/mol. The molecule has 1 amide bonds. The van der Waals surface area contributed by atoms with Crippen molar-refractivity contribution in [1.82, 2.24) is 9.79 Å². The maximum Gasteiger partial charge on any atom is 0.245 e. The van der Waals surface area contributed by atoms with E-state index in [1.54, 1.807) is 24.3 Å². The van der Waals surface area contributed by atoms with E-state index in [0.29, 0.717) is 40.6 Å². The molecule has 0 aromatic heterocycles. The van der Waals surface area contributed by atoms with Gasteiger partial charge in [0, 0.05) is 19.5 Å². The molecule has 2 bridgehead atoms. The SMILES string of the molecule is CN(O)C(=O)CCCC=CC[C@H]1[C@@H]2CC[C@@H](C2)[C@@H]1NS(=O)(=O)c1ccccc1. The van der Waals surface area contributed by atoms with Crippen LogP contribution in [0.4, 0.5) is 0 Å². The van der Waals surface area contributed by atoms with Crippen LogP contribution in [0.5, 0.6) is 0 Å². The fraction of sp³-hybridized carbons (Fsp3) is 0.571. The molecule has 3 rings (SSSR count). The van der Waals surface area contributed by atoms with Crippen LogP contribution >= 0.6 is 0 Å². The third kappa shape index (κ3) is 5.01. The van der Waals surface area contributed by atoms with Gasteiger partial charge in [-0.15, -0.1) is 0 Å². The summed E-state index contributed by atoms with van der Waals surface area (Å²) in [6.45, 7) is 0. The number of allylic oxidation sites excluding steroid dienone is 2. The minimum Gasteiger partial charge on any atom is -0.286 e. The van der Waals surface area contributed by atoms with Crippen LogP contribution in [-0.2, 0) is 14.8 Å². The topological polar surface area (TPSA) is 86.7 Å². The summed E-state index contributed by atoms with van der Waals surface area (Å²) in [6, 6.07) is 8.57. The number of fused-ring (bicyclic) bond motifs is 2. The summed E-state index contributed by atoms with van der Waals surface area (Å²) in [4.78, 5) is 11.7. The van der Waals surface area contributed by atoms with E-state index >= 15 is 0 Å². The van der Waals surface area contributed by atoms with Crippen LogP contribution in [0.3, 0.4) is 0 Å². The Labute approximate surface area is 167 Å². The largest absolute Gasteiger partial charge is 0.286 e. The average molecular weight is 407 g/mol. The van der Waals surface area contributed by atoms with Crippen LogP contribution in [-0.4, -0.2) is 37.7 Å². The van der Waals surface area contributed by atoms with E-state index in [1.807, 2.05) is 6.07 Å². The zero-order valence-corrected chi connectivity index (χ0v) is 17.1. The van der Waals surface area contributed by atoms with Crippen molar-refractivity contribution in [1.29, 1.82) is 0 Å². The van der Waals surface area contributed by atoms with E-state index in [4.69, 9.17) is 5.21 Å². The lowest BCUT2D eigenvalue weighted by molar-refractivity contribution is -0.159. The Morgan fingerprint density at radius 2 is 1.93 bits per heavy atom.